The third kappa shape index (κ3) is 14.2. The van der Waals surface area contributed by atoms with E-state index in [1.807, 2.05) is 122 Å². The number of carbonyl (C=O) groups excluding carboxylic acids is 3. The first-order valence-corrected chi connectivity index (χ1v) is 29.0. The molecule has 2 aliphatic rings. The maximum atomic E-state index is 14.3. The van der Waals surface area contributed by atoms with Crippen molar-refractivity contribution < 1.29 is 57.1 Å². The second kappa shape index (κ2) is 26.2. The third-order valence-electron chi connectivity index (χ3n) is 13.4. The van der Waals surface area contributed by atoms with E-state index in [9.17, 15) is 19.5 Å². The molecule has 0 unspecified atom stereocenters. The van der Waals surface area contributed by atoms with Gasteiger partial charge in [0.25, 0.3) is 8.32 Å². The zero-order valence-corrected chi connectivity index (χ0v) is 46.9. The average Bonchev–Trinajstić information content (AvgIpc) is 3.42. The summed E-state index contributed by atoms with van der Waals surface area (Å²) in [5, 5.41) is 17.3. The molecule has 2 aliphatic heterocycles. The number of amides is 1. The summed E-state index contributed by atoms with van der Waals surface area (Å²) in [5.74, 6) is -1.66. The van der Waals surface area contributed by atoms with Crippen LogP contribution in [0.25, 0.3) is 0 Å². The summed E-state index contributed by atoms with van der Waals surface area (Å²) in [4.78, 5) is 41.3. The fraction of sp³-hybridized carbons (Fsp3) is 0.350. The quantitative estimate of drug-likeness (QED) is 0.0552. The topological polar surface area (TPSA) is 157 Å². The van der Waals surface area contributed by atoms with Crippen molar-refractivity contribution in [3.8, 4) is 0 Å². The lowest BCUT2D eigenvalue weighted by Crippen LogP contribution is -2.70. The standard InChI is InChI=1S/C60H66BrNO12SSi/c1-39-27-33-46(34-28-39)75-59-56(73-57(66)44-21-13-8-14-22-44)55(69-35-42-19-11-7-12-20-42)53(50(72-59)37-67-41(3)64)74-58-51(62-40(2)63)54(68-36-43-29-31-45(61)32-30-43)52(65)49(71-58)38-70-76(60(4,5)6,47-23-15-9-16-24-47)48-25-17-10-18-26-48/h7-34,49-56,58-59,65H,35-38H2,1-6H3,(H,62,63)/t49-,50+,51-,52-,53-,54-,55+,56-,58-,59+/m1/s1. The van der Waals surface area contributed by atoms with Crippen molar-refractivity contribution >= 4 is 64.2 Å². The lowest BCUT2D eigenvalue weighted by molar-refractivity contribution is -0.325. The molecule has 10 atom stereocenters. The lowest BCUT2D eigenvalue weighted by atomic mass is 9.95. The van der Waals surface area contributed by atoms with Gasteiger partial charge in [0, 0.05) is 23.2 Å². The highest BCUT2D eigenvalue weighted by Gasteiger charge is 2.56. The van der Waals surface area contributed by atoms with E-state index in [-0.39, 0.29) is 26.4 Å². The van der Waals surface area contributed by atoms with E-state index in [0.717, 1.165) is 36.4 Å². The number of hydrogen-bond acceptors (Lipinski definition) is 13. The van der Waals surface area contributed by atoms with Crippen molar-refractivity contribution in [3.63, 3.8) is 0 Å². The second-order valence-electron chi connectivity index (χ2n) is 20.0. The van der Waals surface area contributed by atoms with Gasteiger partial charge in [-0.15, -0.1) is 0 Å². The Morgan fingerprint density at radius 1 is 0.658 bits per heavy atom. The summed E-state index contributed by atoms with van der Waals surface area (Å²) >= 11 is 4.84. The molecule has 0 aromatic heterocycles. The largest absolute Gasteiger partial charge is 0.463 e. The summed E-state index contributed by atoms with van der Waals surface area (Å²) in [6.45, 7) is 10.8. The van der Waals surface area contributed by atoms with Gasteiger partial charge in [0.05, 0.1) is 25.4 Å². The van der Waals surface area contributed by atoms with Crippen LogP contribution < -0.4 is 15.7 Å². The van der Waals surface area contributed by atoms with Gasteiger partial charge in [-0.1, -0.05) is 187 Å². The van der Waals surface area contributed by atoms with E-state index in [1.165, 1.54) is 25.6 Å². The predicted molar refractivity (Wildman–Crippen MR) is 296 cm³/mol. The number of carbonyl (C=O) groups is 3. The molecule has 2 heterocycles. The van der Waals surface area contributed by atoms with Crippen molar-refractivity contribution in [3.05, 3.63) is 197 Å². The first-order chi connectivity index (χ1) is 36.6. The van der Waals surface area contributed by atoms with Crippen molar-refractivity contribution in [2.24, 2.45) is 0 Å². The molecule has 6 aromatic carbocycles. The Morgan fingerprint density at radius 3 is 1.78 bits per heavy atom. The fourth-order valence-electron chi connectivity index (χ4n) is 9.72. The summed E-state index contributed by atoms with van der Waals surface area (Å²) in [6, 6.07) is 52.7. The maximum Gasteiger partial charge on any atom is 0.338 e. The number of halogens is 1. The van der Waals surface area contributed by atoms with Gasteiger partial charge < -0.3 is 48.0 Å². The van der Waals surface area contributed by atoms with Crippen LogP contribution in [0.4, 0.5) is 0 Å². The van der Waals surface area contributed by atoms with Crippen molar-refractivity contribution in [2.75, 3.05) is 13.2 Å². The van der Waals surface area contributed by atoms with E-state index in [0.29, 0.717) is 5.56 Å². The molecule has 16 heteroatoms. The summed E-state index contributed by atoms with van der Waals surface area (Å²) in [5.41, 5.74) is 2.03. The number of benzene rings is 6. The van der Waals surface area contributed by atoms with Gasteiger partial charge in [0.1, 0.15) is 54.7 Å². The van der Waals surface area contributed by atoms with E-state index in [2.05, 4.69) is 66.3 Å². The molecular weight excluding hydrogens is 1070 g/mol. The Labute approximate surface area is 459 Å². The second-order valence-corrected chi connectivity index (χ2v) is 26.4. The Bertz CT molecular complexity index is 2750. The zero-order valence-electron chi connectivity index (χ0n) is 43.5. The van der Waals surface area contributed by atoms with Crippen LogP contribution in [-0.2, 0) is 60.4 Å². The van der Waals surface area contributed by atoms with Gasteiger partial charge >= 0.3 is 11.9 Å². The van der Waals surface area contributed by atoms with Crippen molar-refractivity contribution in [2.45, 2.75) is 125 Å². The van der Waals surface area contributed by atoms with Crippen molar-refractivity contribution in [1.29, 1.82) is 0 Å². The molecule has 0 aliphatic carbocycles. The fourth-order valence-corrected chi connectivity index (χ4v) is 15.7. The van der Waals surface area contributed by atoms with Gasteiger partial charge in [0.2, 0.25) is 5.91 Å². The normalized spacial score (nSPS) is 23.8. The number of aryl methyl sites for hydroxylation is 1. The highest BCUT2D eigenvalue weighted by molar-refractivity contribution is 9.10. The molecule has 8 rings (SSSR count). The highest BCUT2D eigenvalue weighted by Crippen LogP contribution is 2.41. The maximum absolute atomic E-state index is 14.3. The molecular formula is C60H66BrNO12SSi. The number of hydrogen-bond donors (Lipinski definition) is 2. The van der Waals surface area contributed by atoms with Gasteiger partial charge in [-0.2, -0.15) is 0 Å². The Hall–Kier alpha value is -5.50. The van der Waals surface area contributed by atoms with Gasteiger partial charge in [-0.3, -0.25) is 9.59 Å². The minimum Gasteiger partial charge on any atom is -0.463 e. The smallest absolute Gasteiger partial charge is 0.338 e. The number of ether oxygens (including phenoxy) is 7. The van der Waals surface area contributed by atoms with Crippen LogP contribution in [0.1, 0.15) is 61.7 Å². The first kappa shape index (κ1) is 56.7. The zero-order chi connectivity index (χ0) is 53.8. The number of aliphatic hydroxyl groups excluding tert-OH is 1. The molecule has 13 nitrogen and oxygen atoms in total. The molecule has 0 saturated carbocycles. The summed E-state index contributed by atoms with van der Waals surface area (Å²) in [7, 11) is -3.24. The molecule has 0 spiro atoms. The number of thioether (sulfide) groups is 1. The monoisotopic (exact) mass is 1130 g/mol. The van der Waals surface area contributed by atoms with Crippen LogP contribution >= 0.6 is 27.7 Å². The van der Waals surface area contributed by atoms with Crippen LogP contribution in [-0.4, -0.2) is 105 Å². The Balaban J connectivity index is 1.24. The highest BCUT2D eigenvalue weighted by atomic mass is 79.9. The SMILES string of the molecule is CC(=O)N[C@H]1[C@@H](O[C@H]2[C@H](OCc3ccccc3)[C@@H](OC(=O)c3ccccc3)[C@H](Sc3ccc(C)cc3)O[C@H]2COC(C)=O)O[C@H](CO[Si](c2ccccc2)(c2ccccc2)C(C)(C)C)[C@@H](O)[C@@H]1OCc1ccc(Br)cc1. The van der Waals surface area contributed by atoms with Crippen LogP contribution in [0, 0.1) is 6.92 Å². The molecule has 1 amide bonds. The van der Waals surface area contributed by atoms with Crippen molar-refractivity contribution in [1.82, 2.24) is 5.32 Å². The first-order valence-electron chi connectivity index (χ1n) is 25.4. The molecule has 0 radical (unpaired) electrons. The molecule has 76 heavy (non-hydrogen) atoms. The Kier molecular flexibility index (Phi) is 19.6. The summed E-state index contributed by atoms with van der Waals surface area (Å²) in [6.07, 6.45) is -9.72. The van der Waals surface area contributed by atoms with E-state index >= 15 is 0 Å². The number of esters is 2. The molecule has 0 bridgehead atoms. The summed E-state index contributed by atoms with van der Waals surface area (Å²) < 4.78 is 55.4. The van der Waals surface area contributed by atoms with Gasteiger partial charge in [0.15, 0.2) is 12.4 Å². The molecule has 6 aromatic rings. The number of rotatable bonds is 20. The number of aliphatic hydroxyl groups is 1. The molecule has 400 valence electrons. The van der Waals surface area contributed by atoms with Crippen LogP contribution in [0.15, 0.2) is 179 Å². The van der Waals surface area contributed by atoms with E-state index in [4.69, 9.17) is 37.6 Å². The third-order valence-corrected chi connectivity index (χ3v) is 20.1. The number of nitrogens with one attached hydrogen (secondary N) is 1. The van der Waals surface area contributed by atoms with E-state index < -0.39 is 91.7 Å². The minimum absolute atomic E-state index is 0.0416. The van der Waals surface area contributed by atoms with Gasteiger partial charge in [-0.25, -0.2) is 4.79 Å². The molecule has 2 saturated heterocycles. The lowest BCUT2D eigenvalue weighted by Gasteiger charge is -2.50. The minimum atomic E-state index is -3.24. The predicted octanol–water partition coefficient (Wildman–Crippen LogP) is 9.09. The Morgan fingerprint density at radius 2 is 1.21 bits per heavy atom. The van der Waals surface area contributed by atoms with Gasteiger partial charge in [-0.05, 0) is 69.9 Å². The average molecular weight is 1130 g/mol. The molecule has 2 N–H and O–H groups in total. The van der Waals surface area contributed by atoms with Crippen LogP contribution in [0.2, 0.25) is 5.04 Å². The molecule has 2 fully saturated rings. The van der Waals surface area contributed by atoms with Crippen LogP contribution in [0.5, 0.6) is 0 Å². The van der Waals surface area contributed by atoms with E-state index in [1.54, 1.807) is 30.3 Å². The van der Waals surface area contributed by atoms with Crippen LogP contribution in [0.3, 0.4) is 0 Å².